The second-order valence-electron chi connectivity index (χ2n) is 6.63. The number of hydrogen-bond donors (Lipinski definition) is 4. The quantitative estimate of drug-likeness (QED) is 0.515. The molecule has 0 spiro atoms. The maximum Gasteiger partial charge on any atom is 0.405 e. The van der Waals surface area contributed by atoms with Crippen LogP contribution in [0.1, 0.15) is 18.2 Å². The van der Waals surface area contributed by atoms with Crippen LogP contribution in [0.2, 0.25) is 0 Å². The normalized spacial score (nSPS) is 13.1. The summed E-state index contributed by atoms with van der Waals surface area (Å²) in [4.78, 5) is 31.5. The second kappa shape index (κ2) is 7.90. The zero-order chi connectivity index (χ0) is 19.3. The Labute approximate surface area is 156 Å². The lowest BCUT2D eigenvalue weighted by Gasteiger charge is -2.28. The first-order valence-electron chi connectivity index (χ1n) is 8.72. The zero-order valence-electron chi connectivity index (χ0n) is 15.0. The summed E-state index contributed by atoms with van der Waals surface area (Å²) < 4.78 is 0. The molecule has 3 aromatic rings. The standard InChI is InChI=1S/C20H22N4O3/c1-20(24-19(26)27,12-14-13-23-17-8-3-2-7-16(14)17)18(25)22-11-9-15-6-4-5-10-21-15/h2-8,10,13,23-24H,9,11-12H2,1H3,(H,22,25)(H,26,27). The van der Waals surface area contributed by atoms with Crippen molar-refractivity contribution in [3.63, 3.8) is 0 Å². The maximum absolute atomic E-state index is 12.8. The molecule has 0 aliphatic rings. The molecule has 2 amide bonds. The smallest absolute Gasteiger partial charge is 0.405 e. The van der Waals surface area contributed by atoms with E-state index in [9.17, 15) is 14.7 Å². The fraction of sp³-hybridized carbons (Fsp3) is 0.250. The number of hydrogen-bond acceptors (Lipinski definition) is 3. The number of aromatic amines is 1. The number of fused-ring (bicyclic) bond motifs is 1. The number of rotatable bonds is 7. The van der Waals surface area contributed by atoms with Gasteiger partial charge in [-0.3, -0.25) is 9.78 Å². The summed E-state index contributed by atoms with van der Waals surface area (Å²) in [7, 11) is 0. The third kappa shape index (κ3) is 4.44. The first-order valence-corrected chi connectivity index (χ1v) is 8.72. The van der Waals surface area contributed by atoms with Crippen molar-refractivity contribution in [2.24, 2.45) is 0 Å². The van der Waals surface area contributed by atoms with E-state index >= 15 is 0 Å². The van der Waals surface area contributed by atoms with E-state index in [1.807, 2.05) is 48.7 Å². The molecule has 0 radical (unpaired) electrons. The van der Waals surface area contributed by atoms with Crippen LogP contribution in [-0.4, -0.2) is 39.2 Å². The van der Waals surface area contributed by atoms with E-state index in [0.29, 0.717) is 13.0 Å². The number of H-pyrrole nitrogens is 1. The van der Waals surface area contributed by atoms with Crippen molar-refractivity contribution in [1.82, 2.24) is 20.6 Å². The number of carboxylic acid groups (broad SMARTS) is 1. The van der Waals surface area contributed by atoms with Crippen molar-refractivity contribution < 1.29 is 14.7 Å². The molecule has 1 atom stereocenters. The van der Waals surface area contributed by atoms with Crippen molar-refractivity contribution in [3.8, 4) is 0 Å². The molecule has 0 saturated heterocycles. The van der Waals surface area contributed by atoms with Crippen LogP contribution < -0.4 is 10.6 Å². The Kier molecular flexibility index (Phi) is 5.40. The van der Waals surface area contributed by atoms with Gasteiger partial charge in [-0.15, -0.1) is 0 Å². The SMILES string of the molecule is CC(Cc1c[nH]c2ccccc12)(NC(=O)O)C(=O)NCCc1ccccn1. The number of para-hydroxylation sites is 1. The van der Waals surface area contributed by atoms with Crippen LogP contribution in [-0.2, 0) is 17.6 Å². The Hall–Kier alpha value is -3.35. The van der Waals surface area contributed by atoms with Crippen LogP contribution in [0.4, 0.5) is 4.79 Å². The molecule has 0 aliphatic carbocycles. The highest BCUT2D eigenvalue weighted by atomic mass is 16.4. The van der Waals surface area contributed by atoms with Crippen molar-refractivity contribution in [2.75, 3.05) is 6.54 Å². The minimum absolute atomic E-state index is 0.235. The number of pyridine rings is 1. The van der Waals surface area contributed by atoms with E-state index < -0.39 is 11.6 Å². The summed E-state index contributed by atoms with van der Waals surface area (Å²) in [6.07, 6.45) is 3.08. The predicted molar refractivity (Wildman–Crippen MR) is 103 cm³/mol. The minimum Gasteiger partial charge on any atom is -0.465 e. The van der Waals surface area contributed by atoms with Gasteiger partial charge in [-0.2, -0.15) is 0 Å². The van der Waals surface area contributed by atoms with Gasteiger partial charge in [0.2, 0.25) is 5.91 Å². The first kappa shape index (κ1) is 18.4. The van der Waals surface area contributed by atoms with Crippen molar-refractivity contribution >= 4 is 22.9 Å². The Morgan fingerprint density at radius 1 is 1.19 bits per heavy atom. The van der Waals surface area contributed by atoms with Gasteiger partial charge in [-0.25, -0.2) is 4.79 Å². The molecule has 0 saturated carbocycles. The molecule has 0 fully saturated rings. The average molecular weight is 366 g/mol. The average Bonchev–Trinajstić information content (AvgIpc) is 3.04. The molecule has 1 aromatic carbocycles. The number of carbonyl (C=O) groups excluding carboxylic acids is 1. The van der Waals surface area contributed by atoms with E-state index in [1.165, 1.54) is 0 Å². The number of aromatic nitrogens is 2. The van der Waals surface area contributed by atoms with Crippen LogP contribution in [0, 0.1) is 0 Å². The molecule has 2 heterocycles. The molecular formula is C20H22N4O3. The Morgan fingerprint density at radius 2 is 1.96 bits per heavy atom. The van der Waals surface area contributed by atoms with Crippen molar-refractivity contribution in [3.05, 3.63) is 66.1 Å². The number of amides is 2. The van der Waals surface area contributed by atoms with Crippen LogP contribution in [0.3, 0.4) is 0 Å². The third-order valence-corrected chi connectivity index (χ3v) is 4.50. The summed E-state index contributed by atoms with van der Waals surface area (Å²) in [5, 5.41) is 15.4. The van der Waals surface area contributed by atoms with Gasteiger partial charge in [-0.1, -0.05) is 24.3 Å². The molecule has 27 heavy (non-hydrogen) atoms. The predicted octanol–water partition coefficient (Wildman–Crippen LogP) is 2.49. The molecule has 4 N–H and O–H groups in total. The largest absolute Gasteiger partial charge is 0.465 e. The Balaban J connectivity index is 1.73. The van der Waals surface area contributed by atoms with E-state index in [2.05, 4.69) is 20.6 Å². The van der Waals surface area contributed by atoms with Gasteiger partial charge in [0.05, 0.1) is 0 Å². The fourth-order valence-corrected chi connectivity index (χ4v) is 3.12. The number of benzene rings is 1. The van der Waals surface area contributed by atoms with E-state index in [-0.39, 0.29) is 12.3 Å². The molecule has 1 unspecified atom stereocenters. The minimum atomic E-state index is -1.29. The van der Waals surface area contributed by atoms with Crippen LogP contribution >= 0.6 is 0 Å². The fourth-order valence-electron chi connectivity index (χ4n) is 3.12. The second-order valence-corrected chi connectivity index (χ2v) is 6.63. The molecule has 3 rings (SSSR count). The van der Waals surface area contributed by atoms with Gasteiger partial charge in [0.1, 0.15) is 5.54 Å². The number of nitrogens with zero attached hydrogens (tertiary/aromatic N) is 1. The first-order chi connectivity index (χ1) is 13.0. The highest BCUT2D eigenvalue weighted by Gasteiger charge is 2.35. The molecule has 7 heteroatoms. The van der Waals surface area contributed by atoms with Crippen molar-refractivity contribution in [2.45, 2.75) is 25.3 Å². The molecular weight excluding hydrogens is 344 g/mol. The van der Waals surface area contributed by atoms with Gasteiger partial charge in [0.25, 0.3) is 0 Å². The topological polar surface area (TPSA) is 107 Å². The maximum atomic E-state index is 12.8. The van der Waals surface area contributed by atoms with Gasteiger partial charge in [0.15, 0.2) is 0 Å². The molecule has 2 aromatic heterocycles. The molecule has 0 bridgehead atoms. The van der Waals surface area contributed by atoms with Gasteiger partial charge < -0.3 is 20.7 Å². The number of nitrogens with one attached hydrogen (secondary N) is 3. The number of carbonyl (C=O) groups is 2. The van der Waals surface area contributed by atoms with Gasteiger partial charge in [-0.05, 0) is 30.7 Å². The molecule has 0 aliphatic heterocycles. The van der Waals surface area contributed by atoms with Gasteiger partial charge >= 0.3 is 6.09 Å². The Morgan fingerprint density at radius 3 is 2.70 bits per heavy atom. The van der Waals surface area contributed by atoms with Crippen molar-refractivity contribution in [1.29, 1.82) is 0 Å². The Bertz CT molecular complexity index is 939. The third-order valence-electron chi connectivity index (χ3n) is 4.50. The van der Waals surface area contributed by atoms with Gasteiger partial charge in [0, 0.05) is 48.4 Å². The highest BCUT2D eigenvalue weighted by Crippen LogP contribution is 2.23. The lowest BCUT2D eigenvalue weighted by Crippen LogP contribution is -2.58. The zero-order valence-corrected chi connectivity index (χ0v) is 15.0. The van der Waals surface area contributed by atoms with E-state index in [1.54, 1.807) is 13.1 Å². The molecule has 7 nitrogen and oxygen atoms in total. The van der Waals surface area contributed by atoms with E-state index in [4.69, 9.17) is 0 Å². The van der Waals surface area contributed by atoms with E-state index in [0.717, 1.165) is 22.2 Å². The summed E-state index contributed by atoms with van der Waals surface area (Å²) in [6.45, 7) is 1.97. The molecule has 140 valence electrons. The van der Waals surface area contributed by atoms with Crippen LogP contribution in [0.15, 0.2) is 54.9 Å². The summed E-state index contributed by atoms with van der Waals surface area (Å²) in [5.41, 5.74) is 1.39. The summed E-state index contributed by atoms with van der Waals surface area (Å²) in [5.74, 6) is -0.369. The lowest BCUT2D eigenvalue weighted by atomic mass is 9.91. The summed E-state index contributed by atoms with van der Waals surface area (Å²) >= 11 is 0. The highest BCUT2D eigenvalue weighted by molar-refractivity contribution is 5.91. The van der Waals surface area contributed by atoms with Crippen LogP contribution in [0.25, 0.3) is 10.9 Å². The monoisotopic (exact) mass is 366 g/mol. The van der Waals surface area contributed by atoms with Crippen LogP contribution in [0.5, 0.6) is 0 Å². The lowest BCUT2D eigenvalue weighted by molar-refractivity contribution is -0.126. The summed E-state index contributed by atoms with van der Waals surface area (Å²) in [6, 6.07) is 13.3.